The van der Waals surface area contributed by atoms with Crippen LogP contribution in [0.1, 0.15) is 32.2 Å². The SMILES string of the molecule is CCC(=O)NC1CC(n2cnc3c(N)nc(N4CCC(NC(=O)Nc5cccnc5)C4)nc32)C(O)C1O. The number of carbonyl (C=O) groups excluding carboxylic acids is 2. The Labute approximate surface area is 212 Å². The zero-order valence-electron chi connectivity index (χ0n) is 20.3. The first-order valence-electron chi connectivity index (χ1n) is 12.2. The first-order valence-corrected chi connectivity index (χ1v) is 12.2. The van der Waals surface area contributed by atoms with E-state index >= 15 is 0 Å². The molecule has 2 aliphatic rings. The zero-order valence-corrected chi connectivity index (χ0v) is 20.3. The van der Waals surface area contributed by atoms with Crippen molar-refractivity contribution < 1.29 is 19.8 Å². The number of rotatable bonds is 6. The zero-order chi connectivity index (χ0) is 26.1. The molecule has 196 valence electrons. The molecule has 0 spiro atoms. The highest BCUT2D eigenvalue weighted by Crippen LogP contribution is 2.34. The van der Waals surface area contributed by atoms with Gasteiger partial charge in [-0.1, -0.05) is 6.92 Å². The summed E-state index contributed by atoms with van der Waals surface area (Å²) >= 11 is 0. The highest BCUT2D eigenvalue weighted by Gasteiger charge is 2.43. The quantitative estimate of drug-likeness (QED) is 0.257. The number of carbonyl (C=O) groups is 2. The van der Waals surface area contributed by atoms with Gasteiger partial charge in [0.15, 0.2) is 11.5 Å². The highest BCUT2D eigenvalue weighted by molar-refractivity contribution is 5.89. The molecule has 5 rings (SSSR count). The molecule has 37 heavy (non-hydrogen) atoms. The van der Waals surface area contributed by atoms with Crippen LogP contribution in [0, 0.1) is 0 Å². The molecule has 4 heterocycles. The fourth-order valence-corrected chi connectivity index (χ4v) is 4.90. The standard InChI is InChI=1S/C23H30N10O4/c1-2-16(34)29-14-8-15(19(36)18(14)35)33-11-26-17-20(24)30-22(31-21(17)33)32-7-5-13(10-32)28-23(37)27-12-4-3-6-25-9-12/h3-4,6,9,11,13-15,18-19,35-36H,2,5,7-8,10H2,1H3,(H,29,34)(H2,24,30,31)(H2,27,28,37). The first-order chi connectivity index (χ1) is 17.8. The lowest BCUT2D eigenvalue weighted by Crippen LogP contribution is -2.42. The minimum atomic E-state index is -1.13. The third kappa shape index (κ3) is 4.97. The molecule has 14 nitrogen and oxygen atoms in total. The van der Waals surface area contributed by atoms with Crippen LogP contribution in [0.25, 0.3) is 11.2 Å². The van der Waals surface area contributed by atoms with E-state index in [1.807, 2.05) is 4.90 Å². The molecule has 1 saturated carbocycles. The molecule has 0 bridgehead atoms. The molecule has 7 N–H and O–H groups in total. The average molecular weight is 511 g/mol. The van der Waals surface area contributed by atoms with Gasteiger partial charge in [0.2, 0.25) is 11.9 Å². The third-order valence-corrected chi connectivity index (χ3v) is 6.84. The monoisotopic (exact) mass is 510 g/mol. The van der Waals surface area contributed by atoms with Crippen LogP contribution in [0.5, 0.6) is 0 Å². The lowest BCUT2D eigenvalue weighted by atomic mass is 10.2. The van der Waals surface area contributed by atoms with Crippen molar-refractivity contribution in [2.24, 2.45) is 0 Å². The molecule has 2 fully saturated rings. The van der Waals surface area contributed by atoms with Crippen LogP contribution in [0.3, 0.4) is 0 Å². The van der Waals surface area contributed by atoms with Gasteiger partial charge in [-0.3, -0.25) is 9.78 Å². The van der Waals surface area contributed by atoms with E-state index < -0.39 is 24.3 Å². The summed E-state index contributed by atoms with van der Waals surface area (Å²) in [6.45, 7) is 2.81. The second-order valence-corrected chi connectivity index (χ2v) is 9.32. The number of pyridine rings is 1. The van der Waals surface area contributed by atoms with Gasteiger partial charge in [0, 0.05) is 31.7 Å². The number of aromatic nitrogens is 5. The Kier molecular flexibility index (Phi) is 6.76. The molecular formula is C23H30N10O4. The Morgan fingerprint density at radius 3 is 2.81 bits per heavy atom. The van der Waals surface area contributed by atoms with Gasteiger partial charge in [-0.05, 0) is 25.0 Å². The highest BCUT2D eigenvalue weighted by atomic mass is 16.3. The van der Waals surface area contributed by atoms with Gasteiger partial charge in [0.25, 0.3) is 0 Å². The summed E-state index contributed by atoms with van der Waals surface area (Å²) in [6.07, 6.45) is 3.73. The van der Waals surface area contributed by atoms with Crippen LogP contribution in [-0.4, -0.2) is 84.0 Å². The Bertz CT molecular complexity index is 1290. The summed E-state index contributed by atoms with van der Waals surface area (Å²) in [4.78, 5) is 43.5. The molecule has 3 aromatic rings. The molecule has 0 aromatic carbocycles. The van der Waals surface area contributed by atoms with E-state index in [4.69, 9.17) is 5.73 Å². The number of amides is 3. The summed E-state index contributed by atoms with van der Waals surface area (Å²) in [5.74, 6) is 0.369. The fraction of sp³-hybridized carbons (Fsp3) is 0.478. The molecule has 3 aromatic heterocycles. The Morgan fingerprint density at radius 2 is 2.05 bits per heavy atom. The summed E-state index contributed by atoms with van der Waals surface area (Å²) < 4.78 is 1.68. The molecule has 1 aliphatic heterocycles. The molecule has 0 radical (unpaired) electrons. The lowest BCUT2D eigenvalue weighted by Gasteiger charge is -2.20. The predicted octanol–water partition coefficient (Wildman–Crippen LogP) is -0.235. The van der Waals surface area contributed by atoms with Crippen LogP contribution in [0.2, 0.25) is 0 Å². The second kappa shape index (κ2) is 10.1. The van der Waals surface area contributed by atoms with Crippen molar-refractivity contribution >= 4 is 40.6 Å². The predicted molar refractivity (Wildman–Crippen MR) is 135 cm³/mol. The number of nitrogens with two attached hydrogens (primary N) is 1. The van der Waals surface area contributed by atoms with Crippen molar-refractivity contribution in [2.45, 2.75) is 56.5 Å². The van der Waals surface area contributed by atoms with Crippen LogP contribution < -0.4 is 26.6 Å². The van der Waals surface area contributed by atoms with E-state index in [0.29, 0.717) is 48.7 Å². The van der Waals surface area contributed by atoms with Gasteiger partial charge in [-0.15, -0.1) is 0 Å². The smallest absolute Gasteiger partial charge is 0.319 e. The van der Waals surface area contributed by atoms with Gasteiger partial charge >= 0.3 is 6.03 Å². The van der Waals surface area contributed by atoms with Crippen molar-refractivity contribution in [1.29, 1.82) is 0 Å². The van der Waals surface area contributed by atoms with E-state index in [1.54, 1.807) is 36.0 Å². The van der Waals surface area contributed by atoms with Crippen LogP contribution in [0.15, 0.2) is 30.9 Å². The number of urea groups is 1. The number of hydrogen-bond acceptors (Lipinski definition) is 10. The number of nitrogens with one attached hydrogen (secondary N) is 3. The molecule has 5 atom stereocenters. The lowest BCUT2D eigenvalue weighted by molar-refractivity contribution is -0.122. The number of hydrogen-bond donors (Lipinski definition) is 6. The van der Waals surface area contributed by atoms with Gasteiger partial charge in [-0.25, -0.2) is 9.78 Å². The van der Waals surface area contributed by atoms with Gasteiger partial charge in [0.05, 0.1) is 30.3 Å². The number of nitrogen functional groups attached to an aromatic ring is 1. The summed E-state index contributed by atoms with van der Waals surface area (Å²) in [5, 5.41) is 29.7. The Balaban J connectivity index is 1.31. The van der Waals surface area contributed by atoms with E-state index in [2.05, 4.69) is 35.9 Å². The number of anilines is 3. The maximum absolute atomic E-state index is 12.4. The maximum Gasteiger partial charge on any atom is 0.319 e. The van der Waals surface area contributed by atoms with Gasteiger partial charge in [-0.2, -0.15) is 9.97 Å². The van der Waals surface area contributed by atoms with Crippen LogP contribution in [-0.2, 0) is 4.79 Å². The van der Waals surface area contributed by atoms with Gasteiger partial charge in [0.1, 0.15) is 17.7 Å². The Morgan fingerprint density at radius 1 is 1.22 bits per heavy atom. The molecule has 5 unspecified atom stereocenters. The maximum atomic E-state index is 12.4. The second-order valence-electron chi connectivity index (χ2n) is 9.32. The minimum Gasteiger partial charge on any atom is -0.388 e. The van der Waals surface area contributed by atoms with E-state index in [1.165, 1.54) is 6.33 Å². The normalized spacial score (nSPS) is 25.4. The van der Waals surface area contributed by atoms with E-state index in [0.717, 1.165) is 0 Å². The number of imidazole rings is 1. The summed E-state index contributed by atoms with van der Waals surface area (Å²) in [7, 11) is 0. The third-order valence-electron chi connectivity index (χ3n) is 6.84. The van der Waals surface area contributed by atoms with Crippen molar-refractivity contribution in [3.8, 4) is 0 Å². The average Bonchev–Trinajstić information content (AvgIpc) is 3.59. The van der Waals surface area contributed by atoms with E-state index in [9.17, 15) is 19.8 Å². The van der Waals surface area contributed by atoms with Crippen molar-refractivity contribution in [3.05, 3.63) is 30.9 Å². The topological polar surface area (TPSA) is 196 Å². The number of nitrogens with zero attached hydrogens (tertiary/aromatic N) is 6. The molecular weight excluding hydrogens is 480 g/mol. The van der Waals surface area contributed by atoms with Crippen molar-refractivity contribution in [1.82, 2.24) is 35.1 Å². The van der Waals surface area contributed by atoms with Gasteiger partial charge < -0.3 is 41.4 Å². The molecule has 1 saturated heterocycles. The molecule has 14 heteroatoms. The summed E-state index contributed by atoms with van der Waals surface area (Å²) in [6, 6.07) is 1.88. The van der Waals surface area contributed by atoms with Crippen molar-refractivity contribution in [3.63, 3.8) is 0 Å². The number of aliphatic hydroxyl groups is 2. The van der Waals surface area contributed by atoms with Crippen molar-refractivity contribution in [2.75, 3.05) is 29.0 Å². The number of aliphatic hydroxyl groups excluding tert-OH is 2. The minimum absolute atomic E-state index is 0.128. The van der Waals surface area contributed by atoms with E-state index in [-0.39, 0.29) is 30.2 Å². The fourth-order valence-electron chi connectivity index (χ4n) is 4.90. The Hall–Kier alpha value is -4.04. The van der Waals surface area contributed by atoms with Crippen LogP contribution >= 0.6 is 0 Å². The number of fused-ring (bicyclic) bond motifs is 1. The largest absolute Gasteiger partial charge is 0.388 e. The summed E-state index contributed by atoms with van der Waals surface area (Å²) in [5.41, 5.74) is 7.61. The van der Waals surface area contributed by atoms with Crippen LogP contribution in [0.4, 0.5) is 22.2 Å². The molecule has 3 amide bonds. The molecule has 1 aliphatic carbocycles. The first kappa shape index (κ1) is 24.6.